The summed E-state index contributed by atoms with van der Waals surface area (Å²) in [6, 6.07) is -0.173. The molecule has 18 heavy (non-hydrogen) atoms. The molecule has 0 saturated carbocycles. The molecule has 0 aromatic heterocycles. The van der Waals surface area contributed by atoms with Crippen LogP contribution in [0.25, 0.3) is 0 Å². The maximum absolute atomic E-state index is 11.9. The van der Waals surface area contributed by atoms with Gasteiger partial charge < -0.3 is 20.1 Å². The molecule has 1 rings (SSSR count). The predicted molar refractivity (Wildman–Crippen MR) is 66.5 cm³/mol. The highest BCUT2D eigenvalue weighted by atomic mass is 16.5. The average molecular weight is 258 g/mol. The van der Waals surface area contributed by atoms with Crippen molar-refractivity contribution in [3.05, 3.63) is 0 Å². The Kier molecular flexibility index (Phi) is 5.40. The second-order valence-electron chi connectivity index (χ2n) is 5.07. The summed E-state index contributed by atoms with van der Waals surface area (Å²) in [4.78, 5) is 23.8. The Hall–Kier alpha value is -1.30. The first-order valence-corrected chi connectivity index (χ1v) is 6.26. The highest BCUT2D eigenvalue weighted by Gasteiger charge is 2.30. The Labute approximate surface area is 107 Å². The van der Waals surface area contributed by atoms with Gasteiger partial charge in [0, 0.05) is 26.6 Å². The molecule has 1 fully saturated rings. The zero-order valence-corrected chi connectivity index (χ0v) is 11.1. The summed E-state index contributed by atoms with van der Waals surface area (Å²) in [5.74, 6) is -0.837. The summed E-state index contributed by atoms with van der Waals surface area (Å²) in [5, 5.41) is 11.5. The van der Waals surface area contributed by atoms with Crippen molar-refractivity contribution in [2.75, 3.05) is 26.8 Å². The van der Waals surface area contributed by atoms with Gasteiger partial charge in [-0.15, -0.1) is 0 Å². The van der Waals surface area contributed by atoms with Gasteiger partial charge in [-0.05, 0) is 26.2 Å². The molecule has 0 bridgehead atoms. The number of carbonyl (C=O) groups excluding carboxylic acids is 1. The quantitative estimate of drug-likeness (QED) is 0.773. The molecule has 6 nitrogen and oxygen atoms in total. The number of hydrogen-bond acceptors (Lipinski definition) is 3. The summed E-state index contributed by atoms with van der Waals surface area (Å²) in [6.07, 6.45) is 2.39. The van der Waals surface area contributed by atoms with Gasteiger partial charge in [0.15, 0.2) is 0 Å². The molecular weight excluding hydrogens is 236 g/mol. The minimum Gasteiger partial charge on any atom is -0.481 e. The van der Waals surface area contributed by atoms with Gasteiger partial charge in [0.25, 0.3) is 0 Å². The highest BCUT2D eigenvalue weighted by Crippen LogP contribution is 2.18. The van der Waals surface area contributed by atoms with Crippen LogP contribution in [0.1, 0.15) is 32.6 Å². The number of urea groups is 1. The van der Waals surface area contributed by atoms with Crippen LogP contribution in [0.3, 0.4) is 0 Å². The van der Waals surface area contributed by atoms with Gasteiger partial charge >= 0.3 is 12.0 Å². The largest absolute Gasteiger partial charge is 0.481 e. The third-order valence-corrected chi connectivity index (χ3v) is 3.08. The number of hydrogen-bond donors (Lipinski definition) is 2. The van der Waals surface area contributed by atoms with E-state index in [4.69, 9.17) is 9.84 Å². The lowest BCUT2D eigenvalue weighted by molar-refractivity contribution is -0.137. The lowest BCUT2D eigenvalue weighted by atomic mass is 9.95. The van der Waals surface area contributed by atoms with E-state index in [1.807, 2.05) is 6.92 Å². The summed E-state index contributed by atoms with van der Waals surface area (Å²) in [7, 11) is 1.67. The van der Waals surface area contributed by atoms with Gasteiger partial charge in [0.05, 0.1) is 12.1 Å². The first-order chi connectivity index (χ1) is 8.43. The van der Waals surface area contributed by atoms with Crippen molar-refractivity contribution < 1.29 is 19.4 Å². The van der Waals surface area contributed by atoms with E-state index < -0.39 is 5.97 Å². The number of amides is 2. The number of nitrogens with one attached hydrogen (secondary N) is 1. The lowest BCUT2D eigenvalue weighted by Crippen LogP contribution is -2.55. The minimum atomic E-state index is -0.837. The molecule has 0 aromatic rings. The third kappa shape index (κ3) is 4.91. The number of aliphatic carboxylic acids is 1. The van der Waals surface area contributed by atoms with Crippen LogP contribution in [-0.2, 0) is 9.53 Å². The number of ether oxygens (including phenoxy) is 1. The molecule has 1 unspecified atom stereocenters. The molecule has 1 heterocycles. The van der Waals surface area contributed by atoms with E-state index in [1.54, 1.807) is 7.05 Å². The number of carboxylic acids is 1. The van der Waals surface area contributed by atoms with Crippen molar-refractivity contribution in [1.82, 2.24) is 10.2 Å². The second-order valence-corrected chi connectivity index (χ2v) is 5.07. The monoisotopic (exact) mass is 258 g/mol. The summed E-state index contributed by atoms with van der Waals surface area (Å²) < 4.78 is 5.37. The molecule has 6 heteroatoms. The number of carboxylic acid groups (broad SMARTS) is 1. The van der Waals surface area contributed by atoms with Gasteiger partial charge in [-0.25, -0.2) is 4.79 Å². The van der Waals surface area contributed by atoms with Gasteiger partial charge in [-0.3, -0.25) is 4.79 Å². The molecule has 0 aliphatic carbocycles. The van der Waals surface area contributed by atoms with E-state index in [2.05, 4.69) is 5.32 Å². The SMILES string of the molecule is CN(CCCC(=O)O)C(=O)NC1(C)CCCOC1. The molecule has 1 saturated heterocycles. The molecule has 0 spiro atoms. The fourth-order valence-corrected chi connectivity index (χ4v) is 1.96. The van der Waals surface area contributed by atoms with Crippen molar-refractivity contribution >= 4 is 12.0 Å². The van der Waals surface area contributed by atoms with Crippen molar-refractivity contribution in [2.24, 2.45) is 0 Å². The highest BCUT2D eigenvalue weighted by molar-refractivity contribution is 5.74. The minimum absolute atomic E-state index is 0.0813. The van der Waals surface area contributed by atoms with E-state index in [9.17, 15) is 9.59 Å². The Bertz CT molecular complexity index is 300. The lowest BCUT2D eigenvalue weighted by Gasteiger charge is -2.35. The fraction of sp³-hybridized carbons (Fsp3) is 0.833. The molecule has 1 aliphatic heterocycles. The van der Waals surface area contributed by atoms with Crippen molar-refractivity contribution in [1.29, 1.82) is 0 Å². The van der Waals surface area contributed by atoms with Crippen LogP contribution in [-0.4, -0.2) is 54.4 Å². The first kappa shape index (κ1) is 14.8. The van der Waals surface area contributed by atoms with Crippen LogP contribution in [0.5, 0.6) is 0 Å². The number of carbonyl (C=O) groups is 2. The summed E-state index contributed by atoms with van der Waals surface area (Å²) in [5.41, 5.74) is -0.309. The van der Waals surface area contributed by atoms with Crippen LogP contribution >= 0.6 is 0 Å². The smallest absolute Gasteiger partial charge is 0.317 e. The standard InChI is InChI=1S/C12H22N2O4/c1-12(6-4-8-18-9-12)13-11(17)14(2)7-3-5-10(15)16/h3-9H2,1-2H3,(H,13,17)(H,15,16). The zero-order chi connectivity index (χ0) is 13.6. The van der Waals surface area contributed by atoms with Crippen molar-refractivity contribution in [2.45, 2.75) is 38.1 Å². The molecule has 2 N–H and O–H groups in total. The Balaban J connectivity index is 2.32. The van der Waals surface area contributed by atoms with Crippen molar-refractivity contribution in [3.8, 4) is 0 Å². The first-order valence-electron chi connectivity index (χ1n) is 6.26. The normalized spacial score (nSPS) is 23.4. The van der Waals surface area contributed by atoms with E-state index >= 15 is 0 Å². The Morgan fingerprint density at radius 3 is 2.78 bits per heavy atom. The maximum Gasteiger partial charge on any atom is 0.317 e. The molecule has 0 aromatic carbocycles. The molecule has 1 atom stereocenters. The van der Waals surface area contributed by atoms with Crippen molar-refractivity contribution in [3.63, 3.8) is 0 Å². The number of nitrogens with zero attached hydrogens (tertiary/aromatic N) is 1. The second kappa shape index (κ2) is 6.58. The molecule has 2 amide bonds. The van der Waals surface area contributed by atoms with Crippen LogP contribution in [0.2, 0.25) is 0 Å². The molecule has 1 aliphatic rings. The van der Waals surface area contributed by atoms with Gasteiger partial charge in [-0.1, -0.05) is 0 Å². The van der Waals surface area contributed by atoms with E-state index in [0.29, 0.717) is 19.6 Å². The Morgan fingerprint density at radius 2 is 2.22 bits per heavy atom. The van der Waals surface area contributed by atoms with Crippen LogP contribution < -0.4 is 5.32 Å². The van der Waals surface area contributed by atoms with E-state index in [-0.39, 0.29) is 18.0 Å². The molecule has 104 valence electrons. The van der Waals surface area contributed by atoms with Gasteiger partial charge in [0.2, 0.25) is 0 Å². The Morgan fingerprint density at radius 1 is 1.50 bits per heavy atom. The average Bonchev–Trinajstić information content (AvgIpc) is 2.28. The third-order valence-electron chi connectivity index (χ3n) is 3.08. The number of rotatable bonds is 5. The van der Waals surface area contributed by atoms with Gasteiger partial charge in [0.1, 0.15) is 0 Å². The molecular formula is C12H22N2O4. The summed E-state index contributed by atoms with van der Waals surface area (Å²) in [6.45, 7) is 3.69. The van der Waals surface area contributed by atoms with Crippen LogP contribution in [0.15, 0.2) is 0 Å². The van der Waals surface area contributed by atoms with Crippen LogP contribution in [0, 0.1) is 0 Å². The van der Waals surface area contributed by atoms with E-state index in [0.717, 1.165) is 19.4 Å². The fourth-order valence-electron chi connectivity index (χ4n) is 1.96. The topological polar surface area (TPSA) is 78.9 Å². The molecule has 0 radical (unpaired) electrons. The zero-order valence-electron chi connectivity index (χ0n) is 11.1. The summed E-state index contributed by atoms with van der Waals surface area (Å²) >= 11 is 0. The predicted octanol–water partition coefficient (Wildman–Crippen LogP) is 1.06. The van der Waals surface area contributed by atoms with Crippen LogP contribution in [0.4, 0.5) is 4.79 Å². The van der Waals surface area contributed by atoms with E-state index in [1.165, 1.54) is 4.90 Å². The maximum atomic E-state index is 11.9. The van der Waals surface area contributed by atoms with Gasteiger partial charge in [-0.2, -0.15) is 0 Å².